The number of nitrogen functional groups attached to an aromatic ring is 1. The van der Waals surface area contributed by atoms with E-state index in [-0.39, 0.29) is 6.10 Å². The first-order chi connectivity index (χ1) is 9.91. The molecule has 0 spiro atoms. The predicted octanol–water partition coefficient (Wildman–Crippen LogP) is 3.19. The predicted molar refractivity (Wildman–Crippen MR) is 81.3 cm³/mol. The summed E-state index contributed by atoms with van der Waals surface area (Å²) in [7, 11) is 0. The van der Waals surface area contributed by atoms with Gasteiger partial charge in [-0.2, -0.15) is 0 Å². The lowest BCUT2D eigenvalue weighted by molar-refractivity contribution is 0.0525. The molecule has 1 saturated carbocycles. The average molecular weight is 292 g/mol. The minimum Gasteiger partial charge on any atom is -0.474 e. The molecule has 2 N–H and O–H groups in total. The molecule has 0 bridgehead atoms. The van der Waals surface area contributed by atoms with Crippen LogP contribution in [0, 0.1) is 5.41 Å². The summed E-state index contributed by atoms with van der Waals surface area (Å²) in [5, 5.41) is 0. The number of carbonyl (C=O) groups excluding carboxylic acids is 1. The molecular weight excluding hydrogens is 268 g/mol. The summed E-state index contributed by atoms with van der Waals surface area (Å²) in [6, 6.07) is 1.58. The maximum Gasteiger partial charge on any atom is 0.340 e. The van der Waals surface area contributed by atoms with Crippen LogP contribution in [0.3, 0.4) is 0 Å². The number of carbonyl (C=O) groups is 1. The first-order valence-electron chi connectivity index (χ1n) is 7.50. The summed E-state index contributed by atoms with van der Waals surface area (Å²) in [5.74, 6) is 0.00369. The molecule has 0 aliphatic heterocycles. The van der Waals surface area contributed by atoms with E-state index in [2.05, 4.69) is 18.8 Å². The highest BCUT2D eigenvalue weighted by Gasteiger charge is 2.28. The van der Waals surface area contributed by atoms with Crippen molar-refractivity contribution in [3.63, 3.8) is 0 Å². The second kappa shape index (κ2) is 6.33. The quantitative estimate of drug-likeness (QED) is 0.863. The summed E-state index contributed by atoms with van der Waals surface area (Å²) in [6.07, 6.45) is 5.90. The van der Waals surface area contributed by atoms with Gasteiger partial charge >= 0.3 is 5.97 Å². The van der Waals surface area contributed by atoms with E-state index in [1.54, 1.807) is 13.0 Å². The number of aromatic nitrogens is 1. The lowest BCUT2D eigenvalue weighted by Gasteiger charge is -2.34. The Morgan fingerprint density at radius 1 is 1.43 bits per heavy atom. The molecule has 5 heteroatoms. The van der Waals surface area contributed by atoms with E-state index in [4.69, 9.17) is 15.2 Å². The molecule has 5 nitrogen and oxygen atoms in total. The smallest absolute Gasteiger partial charge is 0.340 e. The van der Waals surface area contributed by atoms with Gasteiger partial charge in [0.25, 0.3) is 0 Å². The summed E-state index contributed by atoms with van der Waals surface area (Å²) >= 11 is 0. The van der Waals surface area contributed by atoms with Crippen LogP contribution in [-0.4, -0.2) is 23.7 Å². The molecule has 1 aliphatic carbocycles. The standard InChI is InChI=1S/C16H24N2O3/c1-4-20-15(19)12-9-14(18-10-13(12)17)21-11-5-7-16(2,3)8-6-11/h9-11H,4-8,17H2,1-3H3. The number of nitrogens with zero attached hydrogens (tertiary/aromatic N) is 1. The molecule has 116 valence electrons. The Labute approximate surface area is 125 Å². The van der Waals surface area contributed by atoms with Gasteiger partial charge in [0.2, 0.25) is 5.88 Å². The van der Waals surface area contributed by atoms with Crippen LogP contribution in [0.4, 0.5) is 5.69 Å². The first-order valence-corrected chi connectivity index (χ1v) is 7.50. The first kappa shape index (κ1) is 15.6. The average Bonchev–Trinajstić information content (AvgIpc) is 2.43. The van der Waals surface area contributed by atoms with Crippen LogP contribution in [0.15, 0.2) is 12.3 Å². The Morgan fingerprint density at radius 2 is 2.10 bits per heavy atom. The molecule has 0 amide bonds. The molecule has 0 aromatic carbocycles. The molecule has 1 aromatic rings. The molecule has 0 radical (unpaired) electrons. The van der Waals surface area contributed by atoms with Gasteiger partial charge < -0.3 is 15.2 Å². The number of esters is 1. The van der Waals surface area contributed by atoms with Gasteiger partial charge in [0.15, 0.2) is 0 Å². The van der Waals surface area contributed by atoms with Crippen LogP contribution in [0.1, 0.15) is 56.8 Å². The van der Waals surface area contributed by atoms with Crippen LogP contribution >= 0.6 is 0 Å². The fourth-order valence-corrected chi connectivity index (χ4v) is 2.56. The Hall–Kier alpha value is -1.78. The third-order valence-corrected chi connectivity index (χ3v) is 3.98. The van der Waals surface area contributed by atoms with E-state index in [0.29, 0.717) is 29.2 Å². The van der Waals surface area contributed by atoms with E-state index in [0.717, 1.165) is 25.7 Å². The molecule has 1 heterocycles. The van der Waals surface area contributed by atoms with Gasteiger partial charge in [-0.25, -0.2) is 9.78 Å². The van der Waals surface area contributed by atoms with E-state index in [1.807, 2.05) is 0 Å². The maximum atomic E-state index is 11.8. The molecule has 0 saturated heterocycles. The third kappa shape index (κ3) is 4.09. The van der Waals surface area contributed by atoms with Crippen molar-refractivity contribution < 1.29 is 14.3 Å². The van der Waals surface area contributed by atoms with Gasteiger partial charge in [-0.15, -0.1) is 0 Å². The highest BCUT2D eigenvalue weighted by molar-refractivity contribution is 5.95. The van der Waals surface area contributed by atoms with Gasteiger partial charge in [-0.1, -0.05) is 13.8 Å². The molecule has 0 unspecified atom stereocenters. The van der Waals surface area contributed by atoms with Gasteiger partial charge in [-0.3, -0.25) is 0 Å². The molecule has 0 atom stereocenters. The number of hydrogen-bond donors (Lipinski definition) is 1. The minimum absolute atomic E-state index is 0.157. The summed E-state index contributed by atoms with van der Waals surface area (Å²) in [4.78, 5) is 16.0. The maximum absolute atomic E-state index is 11.8. The SMILES string of the molecule is CCOC(=O)c1cc(OC2CCC(C)(C)CC2)ncc1N. The highest BCUT2D eigenvalue weighted by atomic mass is 16.5. The zero-order valence-corrected chi connectivity index (χ0v) is 13.0. The van der Waals surface area contributed by atoms with Crippen LogP contribution in [0.5, 0.6) is 5.88 Å². The lowest BCUT2D eigenvalue weighted by Crippen LogP contribution is -2.28. The van der Waals surface area contributed by atoms with E-state index < -0.39 is 5.97 Å². The van der Waals surface area contributed by atoms with Gasteiger partial charge in [-0.05, 0) is 38.0 Å². The fraction of sp³-hybridized carbons (Fsp3) is 0.625. The molecular formula is C16H24N2O3. The number of nitrogens with two attached hydrogens (primary N) is 1. The van der Waals surface area contributed by atoms with Crippen LogP contribution < -0.4 is 10.5 Å². The van der Waals surface area contributed by atoms with E-state index in [9.17, 15) is 4.79 Å². The highest BCUT2D eigenvalue weighted by Crippen LogP contribution is 2.36. The van der Waals surface area contributed by atoms with Crippen molar-refractivity contribution in [2.24, 2.45) is 5.41 Å². The van der Waals surface area contributed by atoms with Crippen LogP contribution in [0.25, 0.3) is 0 Å². The van der Waals surface area contributed by atoms with Gasteiger partial charge in [0.05, 0.1) is 24.1 Å². The topological polar surface area (TPSA) is 74.4 Å². The molecule has 21 heavy (non-hydrogen) atoms. The second-order valence-corrected chi connectivity index (χ2v) is 6.31. The van der Waals surface area contributed by atoms with E-state index >= 15 is 0 Å². The number of anilines is 1. The Balaban J connectivity index is 2.04. The second-order valence-electron chi connectivity index (χ2n) is 6.31. The summed E-state index contributed by atoms with van der Waals surface area (Å²) in [6.45, 7) is 6.64. The fourth-order valence-electron chi connectivity index (χ4n) is 2.56. The lowest BCUT2D eigenvalue weighted by atomic mass is 9.76. The number of pyridine rings is 1. The number of rotatable bonds is 4. The van der Waals surface area contributed by atoms with Crippen molar-refractivity contribution in [3.05, 3.63) is 17.8 Å². The largest absolute Gasteiger partial charge is 0.474 e. The van der Waals surface area contributed by atoms with Gasteiger partial charge in [0.1, 0.15) is 6.10 Å². The normalized spacial score (nSPS) is 18.2. The summed E-state index contributed by atoms with van der Waals surface area (Å²) in [5.41, 5.74) is 6.79. The molecule has 1 fully saturated rings. The number of hydrogen-bond acceptors (Lipinski definition) is 5. The van der Waals surface area contributed by atoms with Crippen molar-refractivity contribution in [2.75, 3.05) is 12.3 Å². The van der Waals surface area contributed by atoms with Crippen molar-refractivity contribution in [2.45, 2.75) is 52.6 Å². The Kier molecular flexibility index (Phi) is 4.70. The monoisotopic (exact) mass is 292 g/mol. The summed E-state index contributed by atoms with van der Waals surface area (Å²) < 4.78 is 10.9. The Morgan fingerprint density at radius 3 is 2.71 bits per heavy atom. The zero-order chi connectivity index (χ0) is 15.5. The molecule has 1 aliphatic rings. The number of ether oxygens (including phenoxy) is 2. The van der Waals surface area contributed by atoms with Crippen molar-refractivity contribution in [1.82, 2.24) is 4.98 Å². The van der Waals surface area contributed by atoms with Crippen molar-refractivity contribution >= 4 is 11.7 Å². The van der Waals surface area contributed by atoms with E-state index in [1.165, 1.54) is 6.20 Å². The molecule has 2 rings (SSSR count). The van der Waals surface area contributed by atoms with Gasteiger partial charge in [0, 0.05) is 6.07 Å². The van der Waals surface area contributed by atoms with Crippen LogP contribution in [-0.2, 0) is 4.74 Å². The Bertz CT molecular complexity index is 504. The third-order valence-electron chi connectivity index (χ3n) is 3.98. The van der Waals surface area contributed by atoms with Crippen molar-refractivity contribution in [3.8, 4) is 5.88 Å². The van der Waals surface area contributed by atoms with Crippen LogP contribution in [0.2, 0.25) is 0 Å². The minimum atomic E-state index is -0.438. The zero-order valence-electron chi connectivity index (χ0n) is 13.0. The van der Waals surface area contributed by atoms with Crippen molar-refractivity contribution in [1.29, 1.82) is 0 Å². The molecule has 1 aromatic heterocycles.